The molecule has 2 aromatic rings. The summed E-state index contributed by atoms with van der Waals surface area (Å²) in [5.41, 5.74) is 1.85. The van der Waals surface area contributed by atoms with Gasteiger partial charge in [-0.1, -0.05) is 60.7 Å². The number of hydrogen-bond acceptors (Lipinski definition) is 4. The van der Waals surface area contributed by atoms with Crippen molar-refractivity contribution in [3.8, 4) is 0 Å². The molecule has 0 bridgehead atoms. The highest BCUT2D eigenvalue weighted by Crippen LogP contribution is 2.37. The second kappa shape index (κ2) is 8.52. The van der Waals surface area contributed by atoms with Crippen LogP contribution in [-0.4, -0.2) is 30.6 Å². The predicted molar refractivity (Wildman–Crippen MR) is 97.3 cm³/mol. The third-order valence-corrected chi connectivity index (χ3v) is 4.72. The Labute approximate surface area is 153 Å². The topological polar surface area (TPSA) is 55.8 Å². The van der Waals surface area contributed by atoms with Gasteiger partial charge in [-0.3, -0.25) is 4.79 Å². The summed E-state index contributed by atoms with van der Waals surface area (Å²) in [5, 5.41) is 0. The van der Waals surface area contributed by atoms with E-state index in [1.54, 1.807) is 4.90 Å². The van der Waals surface area contributed by atoms with Crippen molar-refractivity contribution in [3.05, 3.63) is 71.8 Å². The second-order valence-electron chi connectivity index (χ2n) is 6.36. The van der Waals surface area contributed by atoms with Gasteiger partial charge in [0, 0.05) is 6.54 Å². The lowest BCUT2D eigenvalue weighted by Gasteiger charge is -2.39. The van der Waals surface area contributed by atoms with E-state index in [0.717, 1.165) is 17.5 Å². The molecule has 5 nitrogen and oxygen atoms in total. The van der Waals surface area contributed by atoms with Gasteiger partial charge in [-0.05, 0) is 24.0 Å². The van der Waals surface area contributed by atoms with Crippen LogP contribution in [0.25, 0.3) is 0 Å². The summed E-state index contributed by atoms with van der Waals surface area (Å²) in [6.07, 6.45) is 1.02. The molecule has 1 saturated heterocycles. The molecule has 1 fully saturated rings. The van der Waals surface area contributed by atoms with E-state index >= 15 is 0 Å². The van der Waals surface area contributed by atoms with Crippen molar-refractivity contribution in [1.29, 1.82) is 0 Å². The van der Waals surface area contributed by atoms with E-state index in [1.807, 2.05) is 60.7 Å². The Morgan fingerprint density at radius 3 is 2.35 bits per heavy atom. The molecule has 0 aliphatic carbocycles. The first-order valence-electron chi connectivity index (χ1n) is 8.81. The van der Waals surface area contributed by atoms with Crippen LogP contribution in [-0.2, 0) is 20.9 Å². The number of carbonyl (C=O) groups excluding carboxylic acids is 2. The standard InChI is InChI=1S/C21H23NO4/c1-25-20(23)18-13-8-14-22(19(18)17-11-6-3-7-12-17)21(24)26-15-16-9-4-2-5-10-16/h2-7,9-12,18-19H,8,13-15H2,1H3/t18-,19+/m0/s1. The molecule has 2 aromatic carbocycles. The maximum absolute atomic E-state index is 12.8. The number of likely N-dealkylation sites (tertiary alicyclic amines) is 1. The normalized spacial score (nSPS) is 19.7. The van der Waals surface area contributed by atoms with Gasteiger partial charge in [-0.25, -0.2) is 4.79 Å². The Balaban J connectivity index is 1.80. The van der Waals surface area contributed by atoms with Crippen LogP contribution in [0.3, 0.4) is 0 Å². The maximum Gasteiger partial charge on any atom is 0.410 e. The molecule has 0 unspecified atom stereocenters. The summed E-state index contributed by atoms with van der Waals surface area (Å²) in [6.45, 7) is 0.765. The highest BCUT2D eigenvalue weighted by molar-refractivity contribution is 5.76. The van der Waals surface area contributed by atoms with E-state index in [4.69, 9.17) is 9.47 Å². The fraction of sp³-hybridized carbons (Fsp3) is 0.333. The third-order valence-electron chi connectivity index (χ3n) is 4.72. The van der Waals surface area contributed by atoms with Gasteiger partial charge in [0.1, 0.15) is 6.61 Å². The number of methoxy groups -OCH3 is 1. The lowest BCUT2D eigenvalue weighted by Crippen LogP contribution is -2.45. The van der Waals surface area contributed by atoms with Gasteiger partial charge in [0.05, 0.1) is 19.1 Å². The fourth-order valence-corrected chi connectivity index (χ4v) is 3.46. The van der Waals surface area contributed by atoms with Crippen molar-refractivity contribution in [2.24, 2.45) is 5.92 Å². The number of hydrogen-bond donors (Lipinski definition) is 0. The summed E-state index contributed by atoms with van der Waals surface area (Å²) in [7, 11) is 1.39. The number of amides is 1. The quantitative estimate of drug-likeness (QED) is 0.781. The zero-order valence-corrected chi connectivity index (χ0v) is 14.8. The minimum absolute atomic E-state index is 0.209. The SMILES string of the molecule is COC(=O)[C@H]1CCCN(C(=O)OCc2ccccc2)[C@@H]1c1ccccc1. The van der Waals surface area contributed by atoms with Gasteiger partial charge < -0.3 is 14.4 Å². The lowest BCUT2D eigenvalue weighted by molar-refractivity contribution is -0.149. The number of esters is 1. The van der Waals surface area contributed by atoms with E-state index < -0.39 is 6.09 Å². The molecule has 1 heterocycles. The van der Waals surface area contributed by atoms with Crippen molar-refractivity contribution in [2.75, 3.05) is 13.7 Å². The van der Waals surface area contributed by atoms with Gasteiger partial charge >= 0.3 is 12.1 Å². The Kier molecular flexibility index (Phi) is 5.89. The van der Waals surface area contributed by atoms with Crippen molar-refractivity contribution >= 4 is 12.1 Å². The maximum atomic E-state index is 12.8. The van der Waals surface area contributed by atoms with Crippen LogP contribution in [0.4, 0.5) is 4.79 Å². The first-order chi connectivity index (χ1) is 12.7. The Bertz CT molecular complexity index is 732. The summed E-state index contributed by atoms with van der Waals surface area (Å²) in [5.74, 6) is -0.681. The Morgan fingerprint density at radius 1 is 1.04 bits per heavy atom. The van der Waals surface area contributed by atoms with Gasteiger partial charge in [0.25, 0.3) is 0 Å². The highest BCUT2D eigenvalue weighted by Gasteiger charge is 2.40. The second-order valence-corrected chi connectivity index (χ2v) is 6.36. The number of rotatable bonds is 4. The van der Waals surface area contributed by atoms with E-state index in [0.29, 0.717) is 13.0 Å². The average molecular weight is 353 g/mol. The summed E-state index contributed by atoms with van der Waals surface area (Å²) >= 11 is 0. The van der Waals surface area contributed by atoms with Crippen molar-refractivity contribution < 1.29 is 19.1 Å². The number of benzene rings is 2. The molecule has 0 radical (unpaired) electrons. The van der Waals surface area contributed by atoms with Crippen LogP contribution in [0.2, 0.25) is 0 Å². The number of ether oxygens (including phenoxy) is 2. The molecular formula is C21H23NO4. The number of carbonyl (C=O) groups is 2. The Hall–Kier alpha value is -2.82. The van der Waals surface area contributed by atoms with Crippen molar-refractivity contribution in [3.63, 3.8) is 0 Å². The Morgan fingerprint density at radius 2 is 1.69 bits per heavy atom. The zero-order chi connectivity index (χ0) is 18.4. The number of nitrogens with zero attached hydrogens (tertiary/aromatic N) is 1. The minimum atomic E-state index is -0.406. The smallest absolute Gasteiger partial charge is 0.410 e. The molecule has 5 heteroatoms. The summed E-state index contributed by atoms with van der Waals surface area (Å²) < 4.78 is 10.5. The molecule has 0 aromatic heterocycles. The minimum Gasteiger partial charge on any atom is -0.469 e. The van der Waals surface area contributed by atoms with Crippen molar-refractivity contribution in [2.45, 2.75) is 25.5 Å². The van der Waals surface area contributed by atoms with E-state index in [1.165, 1.54) is 7.11 Å². The van der Waals surface area contributed by atoms with E-state index in [9.17, 15) is 9.59 Å². The van der Waals surface area contributed by atoms with Gasteiger partial charge in [0.15, 0.2) is 0 Å². The molecule has 136 valence electrons. The van der Waals surface area contributed by atoms with Crippen LogP contribution in [0, 0.1) is 5.92 Å². The highest BCUT2D eigenvalue weighted by atomic mass is 16.6. The van der Waals surface area contributed by atoms with Gasteiger partial charge in [-0.2, -0.15) is 0 Å². The van der Waals surface area contributed by atoms with E-state index in [2.05, 4.69) is 0 Å². The molecule has 1 amide bonds. The number of piperidine rings is 1. The molecule has 0 saturated carbocycles. The molecule has 0 N–H and O–H groups in total. The van der Waals surface area contributed by atoms with Gasteiger partial charge in [0.2, 0.25) is 0 Å². The van der Waals surface area contributed by atoms with Crippen LogP contribution < -0.4 is 0 Å². The molecule has 2 atom stereocenters. The predicted octanol–water partition coefficient (Wildman–Crippen LogP) is 3.95. The van der Waals surface area contributed by atoms with Crippen LogP contribution in [0.15, 0.2) is 60.7 Å². The summed E-state index contributed by atoms with van der Waals surface area (Å²) in [4.78, 5) is 26.7. The largest absolute Gasteiger partial charge is 0.469 e. The van der Waals surface area contributed by atoms with E-state index in [-0.39, 0.29) is 24.5 Å². The van der Waals surface area contributed by atoms with Gasteiger partial charge in [-0.15, -0.1) is 0 Å². The average Bonchev–Trinajstić information content (AvgIpc) is 2.72. The molecule has 1 aliphatic heterocycles. The molecule has 3 rings (SSSR count). The fourth-order valence-electron chi connectivity index (χ4n) is 3.46. The molecule has 26 heavy (non-hydrogen) atoms. The lowest BCUT2D eigenvalue weighted by atomic mass is 9.85. The molecule has 1 aliphatic rings. The van der Waals surface area contributed by atoms with Crippen molar-refractivity contribution in [1.82, 2.24) is 4.90 Å². The van der Waals surface area contributed by atoms with Crippen LogP contribution in [0.5, 0.6) is 0 Å². The zero-order valence-electron chi connectivity index (χ0n) is 14.8. The van der Waals surface area contributed by atoms with Crippen LogP contribution in [0.1, 0.15) is 30.0 Å². The molecular weight excluding hydrogens is 330 g/mol. The first-order valence-corrected chi connectivity index (χ1v) is 8.81. The first kappa shape index (κ1) is 18.0. The summed E-state index contributed by atoms with van der Waals surface area (Å²) in [6, 6.07) is 18.8. The molecule has 0 spiro atoms. The third kappa shape index (κ3) is 4.04. The monoisotopic (exact) mass is 353 g/mol. The van der Waals surface area contributed by atoms with Crippen LogP contribution >= 0.6 is 0 Å².